The van der Waals surface area contributed by atoms with E-state index in [2.05, 4.69) is 10.3 Å². The van der Waals surface area contributed by atoms with E-state index in [9.17, 15) is 32.7 Å². The van der Waals surface area contributed by atoms with Crippen molar-refractivity contribution in [2.24, 2.45) is 17.2 Å². The molecule has 10 nitrogen and oxygen atoms in total. The molecular formula is C29H35F3N6O4. The van der Waals surface area contributed by atoms with E-state index in [0.29, 0.717) is 11.1 Å². The number of rotatable bonds is 14. The van der Waals surface area contributed by atoms with Crippen molar-refractivity contribution in [1.29, 1.82) is 0 Å². The third kappa shape index (κ3) is 8.79. The highest BCUT2D eigenvalue weighted by molar-refractivity contribution is 5.93. The van der Waals surface area contributed by atoms with Gasteiger partial charge in [0, 0.05) is 50.6 Å². The average molecular weight is 589 g/mol. The van der Waals surface area contributed by atoms with Gasteiger partial charge in [0.2, 0.25) is 11.8 Å². The van der Waals surface area contributed by atoms with E-state index in [-0.39, 0.29) is 56.9 Å². The number of aliphatic hydroxyl groups is 1. The van der Waals surface area contributed by atoms with Gasteiger partial charge in [-0.3, -0.25) is 19.4 Å². The maximum absolute atomic E-state index is 13.4. The molecule has 8 N–H and O–H groups in total. The molecule has 0 spiro atoms. The summed E-state index contributed by atoms with van der Waals surface area (Å²) < 4.78 is 39.2. The molecule has 1 aromatic heterocycles. The molecule has 3 rings (SSSR count). The summed E-state index contributed by atoms with van der Waals surface area (Å²) in [5, 5.41) is 14.3. The highest BCUT2D eigenvalue weighted by Gasteiger charge is 2.33. The van der Waals surface area contributed by atoms with Crippen LogP contribution in [0.4, 0.5) is 13.2 Å². The number of para-hydroxylation sites is 1. The number of alkyl halides is 3. The summed E-state index contributed by atoms with van der Waals surface area (Å²) in [6.07, 6.45) is -5.17. The monoisotopic (exact) mass is 588 g/mol. The Hall–Kier alpha value is -3.91. The standard InChI is InChI=1S/C29H35F3N6O4/c30-29(31,32)21-7-5-19(6-8-21)27(41)26(24(39)16-18-15-20-3-1-2-4-23(20)36-17-18)37-28(42)22(35)9-10-25(40)38(13-11-33)14-12-34/h1-8,15,17,22,26-27,41H,9-14,16,33-35H2,(H,37,42)/t22-,26?,27+/m0/s1. The molecule has 0 fully saturated rings. The molecule has 0 aliphatic carbocycles. The summed E-state index contributed by atoms with van der Waals surface area (Å²) in [4.78, 5) is 44.8. The van der Waals surface area contributed by atoms with Crippen LogP contribution >= 0.6 is 0 Å². The molecule has 0 aliphatic rings. The molecule has 1 unspecified atom stereocenters. The van der Waals surface area contributed by atoms with Crippen LogP contribution in [0.5, 0.6) is 0 Å². The fourth-order valence-electron chi connectivity index (χ4n) is 4.42. The minimum Gasteiger partial charge on any atom is -0.386 e. The number of ketones is 1. The second kappa shape index (κ2) is 14.8. The molecule has 0 radical (unpaired) electrons. The summed E-state index contributed by atoms with van der Waals surface area (Å²) in [6.45, 7) is 1.04. The van der Waals surface area contributed by atoms with E-state index in [0.717, 1.165) is 29.7 Å². The minimum atomic E-state index is -4.59. The van der Waals surface area contributed by atoms with Crippen LogP contribution in [0.1, 0.15) is 35.6 Å². The highest BCUT2D eigenvalue weighted by atomic mass is 19.4. The molecule has 3 aromatic rings. The van der Waals surface area contributed by atoms with Gasteiger partial charge in [-0.25, -0.2) is 0 Å². The van der Waals surface area contributed by atoms with Crippen LogP contribution in [-0.4, -0.2) is 70.9 Å². The van der Waals surface area contributed by atoms with Crippen molar-refractivity contribution < 1.29 is 32.7 Å². The number of pyridine rings is 1. The molecule has 2 aromatic carbocycles. The van der Waals surface area contributed by atoms with E-state index in [1.54, 1.807) is 12.1 Å². The number of aromatic nitrogens is 1. The lowest BCUT2D eigenvalue weighted by atomic mass is 9.94. The first-order valence-electron chi connectivity index (χ1n) is 13.4. The molecule has 226 valence electrons. The number of fused-ring (bicyclic) bond motifs is 1. The number of carbonyl (C=O) groups excluding carboxylic acids is 3. The Morgan fingerprint density at radius 3 is 2.26 bits per heavy atom. The normalized spacial score (nSPS) is 13.8. The molecular weight excluding hydrogens is 553 g/mol. The van der Waals surface area contributed by atoms with Gasteiger partial charge in [0.05, 0.1) is 17.1 Å². The van der Waals surface area contributed by atoms with Gasteiger partial charge in [-0.05, 0) is 41.8 Å². The topological polar surface area (TPSA) is 178 Å². The fourth-order valence-corrected chi connectivity index (χ4v) is 4.42. The number of Topliss-reactive ketones (excluding diaryl/α,β-unsaturated/α-hetero) is 1. The first kappa shape index (κ1) is 32.6. The molecule has 0 saturated carbocycles. The summed E-state index contributed by atoms with van der Waals surface area (Å²) >= 11 is 0. The van der Waals surface area contributed by atoms with Crippen molar-refractivity contribution in [3.63, 3.8) is 0 Å². The molecule has 1 heterocycles. The van der Waals surface area contributed by atoms with Gasteiger partial charge in [-0.2, -0.15) is 13.2 Å². The van der Waals surface area contributed by atoms with Crippen molar-refractivity contribution in [3.8, 4) is 0 Å². The van der Waals surface area contributed by atoms with Crippen LogP contribution in [0, 0.1) is 0 Å². The average Bonchev–Trinajstić information content (AvgIpc) is 2.97. The Kier molecular flexibility index (Phi) is 11.5. The third-order valence-electron chi connectivity index (χ3n) is 6.72. The predicted octanol–water partition coefficient (Wildman–Crippen LogP) is 1.44. The SMILES string of the molecule is NCCN(CCN)C(=O)CC[C@H](N)C(=O)NC(C(=O)Cc1cnc2ccccc2c1)[C@H](O)c1ccc(C(F)(F)F)cc1. The summed E-state index contributed by atoms with van der Waals surface area (Å²) in [5.41, 5.74) is 17.4. The molecule has 0 saturated heterocycles. The smallest absolute Gasteiger partial charge is 0.386 e. The summed E-state index contributed by atoms with van der Waals surface area (Å²) in [6, 6.07) is 9.86. The van der Waals surface area contributed by atoms with Gasteiger partial charge in [-0.15, -0.1) is 0 Å². The highest BCUT2D eigenvalue weighted by Crippen LogP contribution is 2.30. The molecule has 13 heteroatoms. The maximum atomic E-state index is 13.4. The third-order valence-corrected chi connectivity index (χ3v) is 6.72. The zero-order chi connectivity index (χ0) is 30.9. The predicted molar refractivity (Wildman–Crippen MR) is 151 cm³/mol. The van der Waals surface area contributed by atoms with Gasteiger partial charge < -0.3 is 32.5 Å². The number of nitrogens with two attached hydrogens (primary N) is 3. The number of hydrogen-bond acceptors (Lipinski definition) is 8. The second-order valence-corrected chi connectivity index (χ2v) is 9.83. The Labute approximate surface area is 241 Å². The quantitative estimate of drug-likeness (QED) is 0.188. The Morgan fingerprint density at radius 2 is 1.64 bits per heavy atom. The Morgan fingerprint density at radius 1 is 1.00 bits per heavy atom. The van der Waals surface area contributed by atoms with Gasteiger partial charge in [0.1, 0.15) is 12.1 Å². The lowest BCUT2D eigenvalue weighted by Crippen LogP contribution is -2.51. The van der Waals surface area contributed by atoms with Gasteiger partial charge >= 0.3 is 6.18 Å². The Balaban J connectivity index is 1.79. The number of aliphatic hydroxyl groups excluding tert-OH is 1. The number of amides is 2. The van der Waals surface area contributed by atoms with E-state index in [1.165, 1.54) is 11.1 Å². The van der Waals surface area contributed by atoms with Crippen molar-refractivity contribution in [2.45, 2.75) is 43.6 Å². The van der Waals surface area contributed by atoms with Crippen LogP contribution < -0.4 is 22.5 Å². The van der Waals surface area contributed by atoms with Gasteiger partial charge in [-0.1, -0.05) is 30.3 Å². The number of hydrogen-bond donors (Lipinski definition) is 5. The Bertz CT molecular complexity index is 1360. The maximum Gasteiger partial charge on any atom is 0.416 e. The van der Waals surface area contributed by atoms with Crippen LogP contribution in [0.25, 0.3) is 10.9 Å². The lowest BCUT2D eigenvalue weighted by Gasteiger charge is -2.26. The van der Waals surface area contributed by atoms with Crippen molar-refractivity contribution in [2.75, 3.05) is 26.2 Å². The fraction of sp³-hybridized carbons (Fsp3) is 0.379. The number of benzene rings is 2. The molecule has 0 bridgehead atoms. The van der Waals surface area contributed by atoms with Crippen molar-refractivity contribution in [1.82, 2.24) is 15.2 Å². The van der Waals surface area contributed by atoms with Crippen LogP contribution in [0.2, 0.25) is 0 Å². The van der Waals surface area contributed by atoms with Crippen molar-refractivity contribution >= 4 is 28.5 Å². The first-order valence-corrected chi connectivity index (χ1v) is 13.4. The van der Waals surface area contributed by atoms with Crippen LogP contribution in [0.3, 0.4) is 0 Å². The number of halogens is 3. The second-order valence-electron chi connectivity index (χ2n) is 9.83. The molecule has 3 atom stereocenters. The minimum absolute atomic E-state index is 0.0127. The molecule has 42 heavy (non-hydrogen) atoms. The van der Waals surface area contributed by atoms with E-state index < -0.39 is 41.6 Å². The number of nitrogens with one attached hydrogen (secondary N) is 1. The number of carbonyl (C=O) groups is 3. The zero-order valence-electron chi connectivity index (χ0n) is 22.9. The van der Waals surface area contributed by atoms with Gasteiger partial charge in [0.15, 0.2) is 5.78 Å². The van der Waals surface area contributed by atoms with Gasteiger partial charge in [0.25, 0.3) is 0 Å². The molecule has 2 amide bonds. The molecule has 0 aliphatic heterocycles. The van der Waals surface area contributed by atoms with E-state index in [1.807, 2.05) is 18.2 Å². The van der Waals surface area contributed by atoms with E-state index in [4.69, 9.17) is 17.2 Å². The zero-order valence-corrected chi connectivity index (χ0v) is 22.9. The van der Waals surface area contributed by atoms with Crippen LogP contribution in [0.15, 0.2) is 60.8 Å². The first-order chi connectivity index (χ1) is 19.9. The number of nitrogens with zero attached hydrogens (tertiary/aromatic N) is 2. The largest absolute Gasteiger partial charge is 0.416 e. The van der Waals surface area contributed by atoms with E-state index >= 15 is 0 Å². The summed E-state index contributed by atoms with van der Waals surface area (Å²) in [5.74, 6) is -1.73. The lowest BCUT2D eigenvalue weighted by molar-refractivity contribution is -0.137. The van der Waals surface area contributed by atoms with Crippen molar-refractivity contribution in [3.05, 3.63) is 77.5 Å². The summed E-state index contributed by atoms with van der Waals surface area (Å²) in [7, 11) is 0. The van der Waals surface area contributed by atoms with Crippen LogP contribution in [-0.2, 0) is 27.0 Å².